The van der Waals surface area contributed by atoms with E-state index >= 15 is 0 Å². The van der Waals surface area contributed by atoms with E-state index < -0.39 is 0 Å². The minimum absolute atomic E-state index is 0.219. The smallest absolute Gasteiger partial charge is 0.257 e. The molecule has 2 amide bonds. The van der Waals surface area contributed by atoms with Gasteiger partial charge in [-0.1, -0.05) is 23.4 Å². The average molecular weight is 405 g/mol. The number of likely N-dealkylation sites (tertiary alicyclic amines) is 1. The maximum absolute atomic E-state index is 12.8. The van der Waals surface area contributed by atoms with Gasteiger partial charge < -0.3 is 15.6 Å². The van der Waals surface area contributed by atoms with Crippen LogP contribution in [0.4, 0.5) is 5.69 Å². The van der Waals surface area contributed by atoms with Crippen LogP contribution in [0.3, 0.4) is 0 Å². The number of hydrogen-bond acceptors (Lipinski definition) is 6. The molecule has 2 heterocycles. The van der Waals surface area contributed by atoms with E-state index in [1.54, 1.807) is 31.2 Å². The number of amides is 2. The van der Waals surface area contributed by atoms with Crippen molar-refractivity contribution in [1.82, 2.24) is 15.0 Å². The van der Waals surface area contributed by atoms with Gasteiger partial charge in [0.2, 0.25) is 5.91 Å². The molecule has 0 bridgehead atoms. The molecule has 154 valence electrons. The first kappa shape index (κ1) is 19.8. The highest BCUT2D eigenvalue weighted by atomic mass is 16.5. The van der Waals surface area contributed by atoms with E-state index in [9.17, 15) is 9.59 Å². The molecule has 3 N–H and O–H groups in total. The van der Waals surface area contributed by atoms with Crippen LogP contribution < -0.4 is 11.1 Å². The van der Waals surface area contributed by atoms with Crippen molar-refractivity contribution in [2.45, 2.75) is 32.4 Å². The third-order valence-electron chi connectivity index (χ3n) is 5.25. The summed E-state index contributed by atoms with van der Waals surface area (Å²) in [4.78, 5) is 30.7. The van der Waals surface area contributed by atoms with Crippen LogP contribution in [0.5, 0.6) is 0 Å². The molecule has 1 saturated heterocycles. The van der Waals surface area contributed by atoms with Gasteiger partial charge in [0, 0.05) is 23.4 Å². The molecule has 1 unspecified atom stereocenters. The number of nitrogens with zero attached hydrogens (tertiary/aromatic N) is 3. The predicted molar refractivity (Wildman–Crippen MR) is 111 cm³/mol. The van der Waals surface area contributed by atoms with Crippen molar-refractivity contribution in [3.8, 4) is 11.5 Å². The van der Waals surface area contributed by atoms with E-state index in [0.717, 1.165) is 30.5 Å². The van der Waals surface area contributed by atoms with Crippen LogP contribution in [-0.4, -0.2) is 39.4 Å². The predicted octanol–water partition coefficient (Wildman–Crippen LogP) is 2.75. The van der Waals surface area contributed by atoms with E-state index in [2.05, 4.69) is 20.4 Å². The summed E-state index contributed by atoms with van der Waals surface area (Å²) in [5.74, 6) is 0.452. The highest BCUT2D eigenvalue weighted by molar-refractivity contribution is 6.04. The van der Waals surface area contributed by atoms with Crippen LogP contribution >= 0.6 is 0 Å². The summed E-state index contributed by atoms with van der Waals surface area (Å²) in [5, 5.41) is 6.75. The molecular formula is C22H23N5O3. The lowest BCUT2D eigenvalue weighted by atomic mass is 10.1. The number of rotatable bonds is 6. The van der Waals surface area contributed by atoms with Crippen LogP contribution in [0, 0.1) is 6.92 Å². The quantitative estimate of drug-likeness (QED) is 0.652. The number of anilines is 1. The number of primary amides is 1. The number of aromatic nitrogens is 2. The van der Waals surface area contributed by atoms with Gasteiger partial charge in [-0.3, -0.25) is 14.5 Å². The second-order valence-corrected chi connectivity index (χ2v) is 7.37. The number of nitrogens with one attached hydrogen (secondary N) is 1. The van der Waals surface area contributed by atoms with Gasteiger partial charge in [0.15, 0.2) is 5.82 Å². The molecule has 4 rings (SSSR count). The molecule has 1 aliphatic rings. The van der Waals surface area contributed by atoms with Gasteiger partial charge in [0.25, 0.3) is 11.8 Å². The molecule has 0 radical (unpaired) electrons. The number of benzene rings is 2. The molecule has 1 aliphatic heterocycles. The topological polar surface area (TPSA) is 114 Å². The van der Waals surface area contributed by atoms with Crippen molar-refractivity contribution in [1.29, 1.82) is 0 Å². The van der Waals surface area contributed by atoms with Crippen molar-refractivity contribution < 1.29 is 14.1 Å². The molecule has 8 nitrogen and oxygen atoms in total. The largest absolute Gasteiger partial charge is 0.368 e. The molecule has 1 atom stereocenters. The standard InChI is InChI=1S/C22H23N5O3/c1-14-24-22(30-26-14)16-10-8-15(9-11-16)21(29)25-18-6-3-2-5-17(18)13-27-12-4-7-19(27)20(23)28/h2-3,5-6,8-11,19H,4,7,12-13H2,1H3,(H2,23,28)(H,25,29). The van der Waals surface area contributed by atoms with Gasteiger partial charge in [0.05, 0.1) is 6.04 Å². The minimum atomic E-state index is -0.300. The molecule has 30 heavy (non-hydrogen) atoms. The Kier molecular flexibility index (Phi) is 5.58. The number of hydrogen-bond donors (Lipinski definition) is 2. The van der Waals surface area contributed by atoms with Crippen LogP contribution in [0.1, 0.15) is 34.6 Å². The summed E-state index contributed by atoms with van der Waals surface area (Å²) in [6, 6.07) is 14.3. The number of carbonyl (C=O) groups excluding carboxylic acids is 2. The van der Waals surface area contributed by atoms with Gasteiger partial charge in [-0.2, -0.15) is 4.98 Å². The summed E-state index contributed by atoms with van der Waals surface area (Å²) in [6.07, 6.45) is 1.71. The van der Waals surface area contributed by atoms with Gasteiger partial charge in [-0.25, -0.2) is 0 Å². The number of carbonyl (C=O) groups is 2. The molecule has 8 heteroatoms. The Morgan fingerprint density at radius 3 is 2.67 bits per heavy atom. The van der Waals surface area contributed by atoms with Crippen LogP contribution in [0.15, 0.2) is 53.1 Å². The molecule has 0 saturated carbocycles. The highest BCUT2D eigenvalue weighted by Gasteiger charge is 2.29. The summed E-state index contributed by atoms with van der Waals surface area (Å²) < 4.78 is 5.15. The van der Waals surface area contributed by atoms with E-state index in [4.69, 9.17) is 10.3 Å². The molecule has 3 aromatic rings. The molecule has 1 aromatic heterocycles. The molecular weight excluding hydrogens is 382 g/mol. The van der Waals surface area contributed by atoms with Crippen molar-refractivity contribution in [2.75, 3.05) is 11.9 Å². The van der Waals surface area contributed by atoms with Crippen molar-refractivity contribution in [3.05, 3.63) is 65.5 Å². The maximum atomic E-state index is 12.8. The fourth-order valence-electron chi connectivity index (χ4n) is 3.71. The van der Waals surface area contributed by atoms with Gasteiger partial charge in [0.1, 0.15) is 0 Å². The number of para-hydroxylation sites is 1. The first-order chi connectivity index (χ1) is 14.5. The Bertz CT molecular complexity index is 1060. The Morgan fingerprint density at radius 2 is 1.97 bits per heavy atom. The van der Waals surface area contributed by atoms with Crippen LogP contribution in [0.2, 0.25) is 0 Å². The fraction of sp³-hybridized carbons (Fsp3) is 0.273. The SMILES string of the molecule is Cc1noc(-c2ccc(C(=O)Nc3ccccc3CN3CCCC3C(N)=O)cc2)n1. The molecule has 1 fully saturated rings. The van der Waals surface area contributed by atoms with E-state index in [1.807, 2.05) is 24.3 Å². The molecule has 0 spiro atoms. The number of nitrogens with two attached hydrogens (primary N) is 1. The van der Waals surface area contributed by atoms with Gasteiger partial charge in [-0.05, 0) is 62.2 Å². The summed E-state index contributed by atoms with van der Waals surface area (Å²) in [5.41, 5.74) is 8.45. The zero-order valence-corrected chi connectivity index (χ0v) is 16.7. The monoisotopic (exact) mass is 405 g/mol. The Labute approximate surface area is 174 Å². The molecule has 0 aliphatic carbocycles. The lowest BCUT2D eigenvalue weighted by Gasteiger charge is -2.23. The van der Waals surface area contributed by atoms with E-state index in [1.165, 1.54) is 0 Å². The lowest BCUT2D eigenvalue weighted by Crippen LogP contribution is -2.39. The summed E-state index contributed by atoms with van der Waals surface area (Å²) in [7, 11) is 0. The second-order valence-electron chi connectivity index (χ2n) is 7.37. The van der Waals surface area contributed by atoms with Crippen LogP contribution in [-0.2, 0) is 11.3 Å². The first-order valence-corrected chi connectivity index (χ1v) is 9.84. The Morgan fingerprint density at radius 1 is 1.20 bits per heavy atom. The zero-order chi connectivity index (χ0) is 21.1. The summed E-state index contributed by atoms with van der Waals surface area (Å²) in [6.45, 7) is 3.12. The number of aryl methyl sites for hydroxylation is 1. The highest BCUT2D eigenvalue weighted by Crippen LogP contribution is 2.24. The minimum Gasteiger partial charge on any atom is -0.368 e. The zero-order valence-electron chi connectivity index (χ0n) is 16.7. The fourth-order valence-corrected chi connectivity index (χ4v) is 3.71. The Hall–Kier alpha value is -3.52. The third kappa shape index (κ3) is 4.23. The van der Waals surface area contributed by atoms with E-state index in [-0.39, 0.29) is 17.9 Å². The van der Waals surface area contributed by atoms with Crippen LogP contribution in [0.25, 0.3) is 11.5 Å². The normalized spacial score (nSPS) is 16.5. The first-order valence-electron chi connectivity index (χ1n) is 9.84. The van der Waals surface area contributed by atoms with Crippen molar-refractivity contribution >= 4 is 17.5 Å². The molecule has 2 aromatic carbocycles. The van der Waals surface area contributed by atoms with Gasteiger partial charge >= 0.3 is 0 Å². The second kappa shape index (κ2) is 8.46. The average Bonchev–Trinajstić information content (AvgIpc) is 3.38. The maximum Gasteiger partial charge on any atom is 0.257 e. The summed E-state index contributed by atoms with van der Waals surface area (Å²) >= 11 is 0. The van der Waals surface area contributed by atoms with Gasteiger partial charge in [-0.15, -0.1) is 0 Å². The van der Waals surface area contributed by atoms with Crippen molar-refractivity contribution in [3.63, 3.8) is 0 Å². The van der Waals surface area contributed by atoms with Crippen molar-refractivity contribution in [2.24, 2.45) is 5.73 Å². The van der Waals surface area contributed by atoms with E-state index in [0.29, 0.717) is 29.5 Å². The third-order valence-corrected chi connectivity index (χ3v) is 5.25. The Balaban J connectivity index is 1.48. The lowest BCUT2D eigenvalue weighted by molar-refractivity contribution is -0.122.